The van der Waals surface area contributed by atoms with Crippen LogP contribution in [-0.2, 0) is 11.2 Å². The highest BCUT2D eigenvalue weighted by atomic mass is 32.1. The van der Waals surface area contributed by atoms with Crippen molar-refractivity contribution >= 4 is 27.5 Å². The van der Waals surface area contributed by atoms with Crippen LogP contribution in [0.2, 0.25) is 0 Å². The Hall–Kier alpha value is -1.42. The van der Waals surface area contributed by atoms with Gasteiger partial charge in [0.15, 0.2) is 0 Å². The molecular formula is C20H24N2OS. The number of aromatic nitrogens is 1. The van der Waals surface area contributed by atoms with Gasteiger partial charge >= 0.3 is 0 Å². The van der Waals surface area contributed by atoms with Crippen LogP contribution in [0.1, 0.15) is 50.0 Å². The number of rotatable bonds is 4. The number of para-hydroxylation sites is 1. The number of nitrogens with one attached hydrogen (secondary N) is 1. The molecule has 4 aliphatic carbocycles. The van der Waals surface area contributed by atoms with E-state index in [2.05, 4.69) is 16.4 Å². The Bertz CT molecular complexity index is 713. The van der Waals surface area contributed by atoms with Crippen LogP contribution in [0.5, 0.6) is 0 Å². The minimum absolute atomic E-state index is 0.138. The molecule has 0 atom stereocenters. The van der Waals surface area contributed by atoms with E-state index in [1.165, 1.54) is 43.2 Å². The van der Waals surface area contributed by atoms with E-state index in [1.54, 1.807) is 11.3 Å². The number of aryl methyl sites for hydroxylation is 1. The molecule has 24 heavy (non-hydrogen) atoms. The van der Waals surface area contributed by atoms with Crippen LogP contribution < -0.4 is 5.32 Å². The van der Waals surface area contributed by atoms with E-state index in [0.29, 0.717) is 6.42 Å². The molecule has 1 heterocycles. The topological polar surface area (TPSA) is 42.0 Å². The third-order valence-corrected chi connectivity index (χ3v) is 7.44. The SMILES string of the molecule is O=C(CCc1nc2ccccc2s1)NC12CC3CC(CC(C3)C1)C2. The Morgan fingerprint density at radius 1 is 1.12 bits per heavy atom. The fraction of sp³-hybridized carbons (Fsp3) is 0.600. The summed E-state index contributed by atoms with van der Waals surface area (Å²) in [7, 11) is 0. The Kier molecular flexibility index (Phi) is 3.44. The van der Waals surface area contributed by atoms with Gasteiger partial charge in [0.1, 0.15) is 0 Å². The zero-order valence-electron chi connectivity index (χ0n) is 14.0. The predicted octanol–water partition coefficient (Wildman–Crippen LogP) is 4.31. The van der Waals surface area contributed by atoms with Gasteiger partial charge in [0, 0.05) is 18.4 Å². The quantitative estimate of drug-likeness (QED) is 0.901. The van der Waals surface area contributed by atoms with Crippen molar-refractivity contribution in [1.82, 2.24) is 10.3 Å². The van der Waals surface area contributed by atoms with Crippen molar-refractivity contribution in [2.45, 2.75) is 56.9 Å². The highest BCUT2D eigenvalue weighted by molar-refractivity contribution is 7.18. The van der Waals surface area contributed by atoms with E-state index in [-0.39, 0.29) is 11.4 Å². The molecule has 4 aliphatic rings. The average molecular weight is 340 g/mol. The van der Waals surface area contributed by atoms with Crippen LogP contribution in [0, 0.1) is 17.8 Å². The van der Waals surface area contributed by atoms with Gasteiger partial charge in [-0.15, -0.1) is 11.3 Å². The van der Waals surface area contributed by atoms with Crippen LogP contribution in [-0.4, -0.2) is 16.4 Å². The Labute approximate surface area is 146 Å². The fourth-order valence-corrected chi connectivity index (χ4v) is 6.84. The molecule has 1 N–H and O–H groups in total. The molecule has 4 bridgehead atoms. The molecule has 0 unspecified atom stereocenters. The first kappa shape index (κ1) is 14.9. The summed E-state index contributed by atoms with van der Waals surface area (Å²) < 4.78 is 1.22. The second kappa shape index (κ2) is 5.55. The fourth-order valence-electron chi connectivity index (χ4n) is 5.87. The maximum Gasteiger partial charge on any atom is 0.220 e. The zero-order chi connectivity index (χ0) is 16.1. The molecule has 4 fully saturated rings. The van der Waals surface area contributed by atoms with E-state index in [1.807, 2.05) is 18.2 Å². The molecule has 0 aliphatic heterocycles. The lowest BCUT2D eigenvalue weighted by molar-refractivity contribution is -0.126. The normalized spacial score (nSPS) is 33.9. The summed E-state index contributed by atoms with van der Waals surface area (Å²) in [5.74, 6) is 2.86. The van der Waals surface area contributed by atoms with Crippen molar-refractivity contribution in [3.63, 3.8) is 0 Å². The first-order chi connectivity index (χ1) is 11.7. The van der Waals surface area contributed by atoms with Crippen LogP contribution in [0.4, 0.5) is 0 Å². The van der Waals surface area contributed by atoms with Crippen LogP contribution >= 0.6 is 11.3 Å². The molecule has 1 aromatic carbocycles. The van der Waals surface area contributed by atoms with Crippen molar-refractivity contribution in [2.24, 2.45) is 17.8 Å². The summed E-state index contributed by atoms with van der Waals surface area (Å²) in [6.07, 6.45) is 9.27. The number of hydrogen-bond acceptors (Lipinski definition) is 3. The van der Waals surface area contributed by atoms with E-state index in [4.69, 9.17) is 0 Å². The molecule has 3 nitrogen and oxygen atoms in total. The lowest BCUT2D eigenvalue weighted by atomic mass is 9.53. The number of carbonyl (C=O) groups excluding carboxylic acids is 1. The lowest BCUT2D eigenvalue weighted by Gasteiger charge is -2.56. The Morgan fingerprint density at radius 2 is 1.79 bits per heavy atom. The molecule has 126 valence electrons. The molecule has 0 spiro atoms. The Morgan fingerprint density at radius 3 is 2.46 bits per heavy atom. The van der Waals surface area contributed by atoms with Crippen molar-refractivity contribution in [3.05, 3.63) is 29.3 Å². The van der Waals surface area contributed by atoms with E-state index < -0.39 is 0 Å². The largest absolute Gasteiger partial charge is 0.351 e. The zero-order valence-corrected chi connectivity index (χ0v) is 14.8. The van der Waals surface area contributed by atoms with Gasteiger partial charge in [0.25, 0.3) is 0 Å². The lowest BCUT2D eigenvalue weighted by Crippen LogP contribution is -2.59. The van der Waals surface area contributed by atoms with Crippen LogP contribution in [0.25, 0.3) is 10.2 Å². The number of hydrogen-bond donors (Lipinski definition) is 1. The molecule has 4 saturated carbocycles. The van der Waals surface area contributed by atoms with E-state index >= 15 is 0 Å². The highest BCUT2D eigenvalue weighted by Crippen LogP contribution is 2.55. The first-order valence-corrected chi connectivity index (χ1v) is 10.1. The second-order valence-electron chi connectivity index (χ2n) is 8.32. The van der Waals surface area contributed by atoms with Gasteiger partial charge < -0.3 is 5.32 Å². The standard InChI is InChI=1S/C20H24N2OS/c23-18(5-6-19-21-16-3-1-2-4-17(16)24-19)22-20-10-13-7-14(11-20)9-15(8-13)12-20/h1-4,13-15H,5-12H2,(H,22,23). The molecule has 1 aromatic heterocycles. The molecule has 0 radical (unpaired) electrons. The smallest absolute Gasteiger partial charge is 0.220 e. The van der Waals surface area contributed by atoms with Gasteiger partial charge in [-0.05, 0) is 68.4 Å². The molecular weight excluding hydrogens is 316 g/mol. The average Bonchev–Trinajstić information content (AvgIpc) is 2.94. The number of fused-ring (bicyclic) bond motifs is 1. The van der Waals surface area contributed by atoms with Crippen molar-refractivity contribution in [2.75, 3.05) is 0 Å². The summed E-state index contributed by atoms with van der Waals surface area (Å²) in [6.45, 7) is 0. The maximum absolute atomic E-state index is 12.6. The number of carbonyl (C=O) groups is 1. The number of benzene rings is 1. The summed E-state index contributed by atoms with van der Waals surface area (Å²) in [5, 5.41) is 4.55. The Balaban J connectivity index is 1.23. The summed E-state index contributed by atoms with van der Waals surface area (Å²) in [6, 6.07) is 8.21. The molecule has 2 aromatic rings. The number of nitrogens with zero attached hydrogens (tertiary/aromatic N) is 1. The molecule has 1 amide bonds. The maximum atomic E-state index is 12.6. The van der Waals surface area contributed by atoms with E-state index in [9.17, 15) is 4.79 Å². The summed E-state index contributed by atoms with van der Waals surface area (Å²) >= 11 is 1.72. The van der Waals surface area contributed by atoms with E-state index in [0.717, 1.165) is 34.7 Å². The van der Waals surface area contributed by atoms with Crippen molar-refractivity contribution in [3.8, 4) is 0 Å². The minimum Gasteiger partial charge on any atom is -0.351 e. The van der Waals surface area contributed by atoms with Gasteiger partial charge in [-0.3, -0.25) is 4.79 Å². The second-order valence-corrected chi connectivity index (χ2v) is 9.44. The van der Waals surface area contributed by atoms with Gasteiger partial charge in [-0.25, -0.2) is 4.98 Å². The highest BCUT2D eigenvalue weighted by Gasteiger charge is 2.51. The molecule has 0 saturated heterocycles. The van der Waals surface area contributed by atoms with Crippen LogP contribution in [0.15, 0.2) is 24.3 Å². The summed E-state index contributed by atoms with van der Waals surface area (Å²) in [4.78, 5) is 17.2. The predicted molar refractivity (Wildman–Crippen MR) is 97.0 cm³/mol. The monoisotopic (exact) mass is 340 g/mol. The van der Waals surface area contributed by atoms with Gasteiger partial charge in [-0.1, -0.05) is 12.1 Å². The third kappa shape index (κ3) is 2.65. The number of amides is 1. The van der Waals surface area contributed by atoms with Gasteiger partial charge in [0.2, 0.25) is 5.91 Å². The van der Waals surface area contributed by atoms with Crippen molar-refractivity contribution in [1.29, 1.82) is 0 Å². The van der Waals surface area contributed by atoms with Crippen molar-refractivity contribution < 1.29 is 4.79 Å². The van der Waals surface area contributed by atoms with Gasteiger partial charge in [-0.2, -0.15) is 0 Å². The first-order valence-electron chi connectivity index (χ1n) is 9.33. The number of thiazole rings is 1. The van der Waals surface area contributed by atoms with Gasteiger partial charge in [0.05, 0.1) is 15.2 Å². The third-order valence-electron chi connectivity index (χ3n) is 6.35. The molecule has 4 heteroatoms. The summed E-state index contributed by atoms with van der Waals surface area (Å²) in [5.41, 5.74) is 1.19. The van der Waals surface area contributed by atoms with Crippen LogP contribution in [0.3, 0.4) is 0 Å². The molecule has 6 rings (SSSR count). The minimum atomic E-state index is 0.138.